The van der Waals surface area contributed by atoms with Crippen LogP contribution in [0.4, 0.5) is 0 Å². The van der Waals surface area contributed by atoms with Crippen LogP contribution in [0.25, 0.3) is 0 Å². The molecule has 6 heteroatoms. The van der Waals surface area contributed by atoms with Crippen molar-refractivity contribution in [3.63, 3.8) is 0 Å². The Labute approximate surface area is 139 Å². The molecule has 0 aromatic carbocycles. The molecule has 1 N–H and O–H groups in total. The number of hydrogen-bond acceptors (Lipinski definition) is 6. The van der Waals surface area contributed by atoms with Crippen molar-refractivity contribution in [2.75, 3.05) is 20.1 Å². The number of nitriles is 3. The molecule has 1 aromatic rings. The normalized spacial score (nSPS) is 29.6. The van der Waals surface area contributed by atoms with E-state index in [0.29, 0.717) is 6.54 Å². The average molecular weight is 321 g/mol. The van der Waals surface area contributed by atoms with E-state index < -0.39 is 17.3 Å². The maximum atomic E-state index is 9.80. The third kappa shape index (κ3) is 2.10. The van der Waals surface area contributed by atoms with Gasteiger partial charge in [-0.15, -0.1) is 11.3 Å². The first kappa shape index (κ1) is 15.4. The molecule has 0 spiro atoms. The van der Waals surface area contributed by atoms with E-state index >= 15 is 0 Å². The molecule has 0 amide bonds. The molecular formula is C17H15N5S. The van der Waals surface area contributed by atoms with E-state index in [-0.39, 0.29) is 11.6 Å². The molecule has 1 saturated carbocycles. The Morgan fingerprint density at radius 3 is 2.65 bits per heavy atom. The molecule has 3 rings (SSSR count). The zero-order valence-electron chi connectivity index (χ0n) is 12.7. The molecule has 1 aliphatic heterocycles. The summed E-state index contributed by atoms with van der Waals surface area (Å²) >= 11 is 1.50. The average Bonchev–Trinajstić information content (AvgIpc) is 3.08. The van der Waals surface area contributed by atoms with Gasteiger partial charge < -0.3 is 10.3 Å². The number of thiophene rings is 1. The van der Waals surface area contributed by atoms with Crippen molar-refractivity contribution >= 4 is 17.0 Å². The largest absolute Gasteiger partial charge is 0.305 e. The van der Waals surface area contributed by atoms with E-state index in [0.717, 1.165) is 17.0 Å². The maximum Gasteiger partial charge on any atom is 0.190 e. The second-order valence-electron chi connectivity index (χ2n) is 6.03. The van der Waals surface area contributed by atoms with Gasteiger partial charge in [-0.3, -0.25) is 0 Å². The summed E-state index contributed by atoms with van der Waals surface area (Å²) in [5.74, 6) is -1.27. The lowest BCUT2D eigenvalue weighted by Crippen LogP contribution is -2.52. The fourth-order valence-electron chi connectivity index (χ4n) is 3.73. The minimum Gasteiger partial charge on any atom is -0.305 e. The van der Waals surface area contributed by atoms with Crippen molar-refractivity contribution in [3.8, 4) is 18.2 Å². The van der Waals surface area contributed by atoms with Crippen LogP contribution < -0.4 is 0 Å². The minimum absolute atomic E-state index is 0.0737. The molecule has 23 heavy (non-hydrogen) atoms. The highest BCUT2D eigenvalue weighted by Gasteiger charge is 2.57. The van der Waals surface area contributed by atoms with Crippen LogP contribution in [0.15, 0.2) is 29.2 Å². The number of likely N-dealkylation sites (N-methyl/N-ethyl adjacent to an activating group) is 1. The minimum atomic E-state index is -1.58. The molecule has 2 aliphatic rings. The van der Waals surface area contributed by atoms with Gasteiger partial charge in [0.2, 0.25) is 0 Å². The molecule has 5 nitrogen and oxygen atoms in total. The predicted molar refractivity (Wildman–Crippen MR) is 86.6 cm³/mol. The maximum absolute atomic E-state index is 9.80. The Morgan fingerprint density at radius 2 is 2.09 bits per heavy atom. The molecule has 2 heterocycles. The zero-order valence-corrected chi connectivity index (χ0v) is 13.5. The van der Waals surface area contributed by atoms with Crippen LogP contribution >= 0.6 is 11.3 Å². The second kappa shape index (κ2) is 5.63. The number of hydrogen-bond donors (Lipinski definition) is 1. The van der Waals surface area contributed by atoms with Gasteiger partial charge in [0.1, 0.15) is 5.92 Å². The van der Waals surface area contributed by atoms with Crippen LogP contribution in [0, 0.1) is 56.7 Å². The first-order chi connectivity index (χ1) is 11.1. The number of nitrogens with one attached hydrogen (secondary N) is 1. The van der Waals surface area contributed by atoms with Crippen molar-refractivity contribution < 1.29 is 0 Å². The predicted octanol–water partition coefficient (Wildman–Crippen LogP) is 2.53. The summed E-state index contributed by atoms with van der Waals surface area (Å²) < 4.78 is 0. The fraction of sp³-hybridized carbons (Fsp3) is 0.412. The van der Waals surface area contributed by atoms with Crippen molar-refractivity contribution in [1.82, 2.24) is 4.90 Å². The molecule has 0 radical (unpaired) electrons. The van der Waals surface area contributed by atoms with Gasteiger partial charge in [-0.1, -0.05) is 12.1 Å². The standard InChI is InChI=1S/C17H15N5S/c1-22-5-4-11-12(7-18)16(21)17(9-19,10-20)15(13(11)8-22)14-3-2-6-23-14/h2-4,6,12-13,15,21H,5,8H2,1H3/t12?,13-,15+/m0/s1. The van der Waals surface area contributed by atoms with Crippen molar-refractivity contribution in [3.05, 3.63) is 34.0 Å². The zero-order chi connectivity index (χ0) is 16.6. The van der Waals surface area contributed by atoms with Gasteiger partial charge in [0, 0.05) is 29.8 Å². The SMILES string of the molecule is CN1CC=C2C(C#N)C(=N)C(C#N)(C#N)[C@@H](c3cccs3)[C@H]2C1. The van der Waals surface area contributed by atoms with Gasteiger partial charge >= 0.3 is 0 Å². The highest BCUT2D eigenvalue weighted by Crippen LogP contribution is 2.54. The molecule has 0 bridgehead atoms. The molecular weight excluding hydrogens is 306 g/mol. The van der Waals surface area contributed by atoms with E-state index in [2.05, 4.69) is 23.1 Å². The van der Waals surface area contributed by atoms with Crippen LogP contribution in [-0.2, 0) is 0 Å². The lowest BCUT2D eigenvalue weighted by atomic mass is 9.55. The Bertz CT molecular complexity index is 772. The van der Waals surface area contributed by atoms with Crippen LogP contribution in [0.1, 0.15) is 10.8 Å². The third-order valence-electron chi connectivity index (χ3n) is 4.82. The van der Waals surface area contributed by atoms with Crippen molar-refractivity contribution in [2.45, 2.75) is 5.92 Å². The summed E-state index contributed by atoms with van der Waals surface area (Å²) in [7, 11) is 1.99. The van der Waals surface area contributed by atoms with Gasteiger partial charge in [0.25, 0.3) is 0 Å². The fourth-order valence-corrected chi connectivity index (χ4v) is 4.68. The molecule has 114 valence electrons. The van der Waals surface area contributed by atoms with E-state index in [9.17, 15) is 15.8 Å². The lowest BCUT2D eigenvalue weighted by Gasteiger charge is -2.46. The molecule has 1 aromatic heterocycles. The molecule has 1 aliphatic carbocycles. The van der Waals surface area contributed by atoms with E-state index in [4.69, 9.17) is 5.41 Å². The van der Waals surface area contributed by atoms with E-state index in [1.54, 1.807) is 0 Å². The Balaban J connectivity index is 2.25. The lowest BCUT2D eigenvalue weighted by molar-refractivity contribution is 0.237. The smallest absolute Gasteiger partial charge is 0.190 e. The second-order valence-corrected chi connectivity index (χ2v) is 7.01. The topological polar surface area (TPSA) is 98.5 Å². The number of fused-ring (bicyclic) bond motifs is 1. The van der Waals surface area contributed by atoms with Crippen LogP contribution in [0.5, 0.6) is 0 Å². The van der Waals surface area contributed by atoms with Gasteiger partial charge in [0.15, 0.2) is 5.41 Å². The highest BCUT2D eigenvalue weighted by atomic mass is 32.1. The van der Waals surface area contributed by atoms with Crippen LogP contribution in [0.3, 0.4) is 0 Å². The van der Waals surface area contributed by atoms with Crippen LogP contribution in [0.2, 0.25) is 0 Å². The summed E-state index contributed by atoms with van der Waals surface area (Å²) in [6.45, 7) is 1.41. The van der Waals surface area contributed by atoms with E-state index in [1.807, 2.05) is 30.6 Å². The Hall–Kier alpha value is -2.46. The van der Waals surface area contributed by atoms with E-state index in [1.165, 1.54) is 11.3 Å². The Kier molecular flexibility index (Phi) is 3.78. The highest BCUT2D eigenvalue weighted by molar-refractivity contribution is 7.10. The molecule has 1 fully saturated rings. The van der Waals surface area contributed by atoms with Crippen molar-refractivity contribution in [2.24, 2.45) is 17.3 Å². The van der Waals surface area contributed by atoms with Gasteiger partial charge in [0.05, 0.1) is 23.9 Å². The number of nitrogens with zero attached hydrogens (tertiary/aromatic N) is 4. The first-order valence-corrected chi connectivity index (χ1v) is 8.20. The summed E-state index contributed by atoms with van der Waals surface area (Å²) in [4.78, 5) is 3.05. The summed E-state index contributed by atoms with van der Waals surface area (Å²) in [5.41, 5.74) is -0.753. The van der Waals surface area contributed by atoms with Gasteiger partial charge in [-0.05, 0) is 24.1 Å². The summed E-state index contributed by atoms with van der Waals surface area (Å²) in [5, 5.41) is 39.5. The Morgan fingerprint density at radius 1 is 1.35 bits per heavy atom. The first-order valence-electron chi connectivity index (χ1n) is 7.32. The number of rotatable bonds is 1. The molecule has 3 atom stereocenters. The summed E-state index contributed by atoms with van der Waals surface area (Å²) in [6, 6.07) is 10.1. The summed E-state index contributed by atoms with van der Waals surface area (Å²) in [6.07, 6.45) is 2.00. The quantitative estimate of drug-likeness (QED) is 0.803. The van der Waals surface area contributed by atoms with Gasteiger partial charge in [-0.25, -0.2) is 0 Å². The van der Waals surface area contributed by atoms with Gasteiger partial charge in [-0.2, -0.15) is 15.8 Å². The third-order valence-corrected chi connectivity index (χ3v) is 5.78. The molecule has 1 unspecified atom stereocenters. The monoisotopic (exact) mass is 321 g/mol. The van der Waals surface area contributed by atoms with Crippen molar-refractivity contribution in [1.29, 1.82) is 21.2 Å². The van der Waals surface area contributed by atoms with Crippen LogP contribution in [-0.4, -0.2) is 30.7 Å². The molecule has 0 saturated heterocycles.